The predicted octanol–water partition coefficient (Wildman–Crippen LogP) is 1.13. The van der Waals surface area contributed by atoms with E-state index in [0.29, 0.717) is 11.3 Å². The highest BCUT2D eigenvalue weighted by atomic mass is 15.3. The van der Waals surface area contributed by atoms with Crippen LogP contribution in [-0.4, -0.2) is 53.3 Å². The highest BCUT2D eigenvalue weighted by Gasteiger charge is 2.09. The number of quaternary nitrogens is 1. The average molecular weight is 263 g/mol. The number of rotatable bonds is 5. The lowest BCUT2D eigenvalue weighted by atomic mass is 10.3. The number of aromatic nitrogens is 3. The SMILES string of the molecule is Cc1cc(NCCC[N+](C)(C)C)n2ncc(N)c2n1. The van der Waals surface area contributed by atoms with Crippen molar-refractivity contribution >= 4 is 17.2 Å². The van der Waals surface area contributed by atoms with Crippen LogP contribution in [0.25, 0.3) is 5.65 Å². The molecule has 0 spiro atoms. The van der Waals surface area contributed by atoms with Crippen molar-refractivity contribution in [2.45, 2.75) is 13.3 Å². The Morgan fingerprint density at radius 3 is 2.79 bits per heavy atom. The zero-order valence-corrected chi connectivity index (χ0v) is 12.1. The lowest BCUT2D eigenvalue weighted by molar-refractivity contribution is -0.870. The molecule has 0 aliphatic heterocycles. The van der Waals surface area contributed by atoms with E-state index in [1.54, 1.807) is 10.7 Å². The van der Waals surface area contributed by atoms with Crippen LogP contribution < -0.4 is 11.1 Å². The Labute approximate surface area is 113 Å². The van der Waals surface area contributed by atoms with Crippen molar-refractivity contribution in [1.29, 1.82) is 0 Å². The summed E-state index contributed by atoms with van der Waals surface area (Å²) in [5.74, 6) is 0.945. The van der Waals surface area contributed by atoms with Crippen LogP contribution in [0, 0.1) is 6.92 Å². The van der Waals surface area contributed by atoms with E-state index in [1.807, 2.05) is 13.0 Å². The summed E-state index contributed by atoms with van der Waals surface area (Å²) in [6.07, 6.45) is 2.74. The van der Waals surface area contributed by atoms with Gasteiger partial charge in [0.15, 0.2) is 5.65 Å². The summed E-state index contributed by atoms with van der Waals surface area (Å²) < 4.78 is 2.73. The Kier molecular flexibility index (Phi) is 3.61. The van der Waals surface area contributed by atoms with Gasteiger partial charge in [-0.25, -0.2) is 4.98 Å². The van der Waals surface area contributed by atoms with Crippen molar-refractivity contribution in [3.63, 3.8) is 0 Å². The number of nitrogens with two attached hydrogens (primary N) is 1. The summed E-state index contributed by atoms with van der Waals surface area (Å²) in [4.78, 5) is 4.40. The van der Waals surface area contributed by atoms with Crippen molar-refractivity contribution < 1.29 is 4.48 Å². The topological polar surface area (TPSA) is 68.2 Å². The smallest absolute Gasteiger partial charge is 0.180 e. The van der Waals surface area contributed by atoms with Crippen molar-refractivity contribution in [3.8, 4) is 0 Å². The maximum Gasteiger partial charge on any atom is 0.180 e. The first-order valence-electron chi connectivity index (χ1n) is 6.52. The van der Waals surface area contributed by atoms with Gasteiger partial charge in [-0.3, -0.25) is 0 Å². The van der Waals surface area contributed by atoms with Crippen molar-refractivity contribution in [1.82, 2.24) is 14.6 Å². The standard InChI is InChI=1S/C13H23N6/c1-10-8-12(15-6-5-7-19(2,3)4)18-13(17-10)11(14)9-16-18/h8-9,15H,5-7,14H2,1-4H3/q+1. The fraction of sp³-hybridized carbons (Fsp3) is 0.538. The maximum atomic E-state index is 5.85. The van der Waals surface area contributed by atoms with E-state index < -0.39 is 0 Å². The monoisotopic (exact) mass is 263 g/mol. The van der Waals surface area contributed by atoms with Gasteiger partial charge in [0.1, 0.15) is 5.82 Å². The number of nitrogen functional groups attached to an aromatic ring is 1. The molecule has 2 rings (SSSR count). The number of hydrogen-bond donors (Lipinski definition) is 2. The second kappa shape index (κ2) is 5.05. The van der Waals surface area contributed by atoms with Crippen LogP contribution in [0.4, 0.5) is 11.5 Å². The van der Waals surface area contributed by atoms with Crippen LogP contribution in [-0.2, 0) is 0 Å². The number of fused-ring (bicyclic) bond motifs is 1. The van der Waals surface area contributed by atoms with Crippen molar-refractivity contribution in [2.24, 2.45) is 0 Å². The van der Waals surface area contributed by atoms with Gasteiger partial charge in [-0.1, -0.05) is 0 Å². The highest BCUT2D eigenvalue weighted by molar-refractivity contribution is 5.66. The van der Waals surface area contributed by atoms with Crippen LogP contribution in [0.2, 0.25) is 0 Å². The summed E-state index contributed by atoms with van der Waals surface area (Å²) in [5.41, 5.74) is 8.11. The molecule has 0 aliphatic carbocycles. The minimum Gasteiger partial charge on any atom is -0.394 e. The second-order valence-electron chi connectivity index (χ2n) is 5.91. The third-order valence-corrected chi connectivity index (χ3v) is 2.94. The van der Waals surface area contributed by atoms with Crippen LogP contribution in [0.15, 0.2) is 12.3 Å². The molecule has 104 valence electrons. The molecule has 0 unspecified atom stereocenters. The van der Waals surface area contributed by atoms with Gasteiger partial charge < -0.3 is 15.5 Å². The van der Waals surface area contributed by atoms with Crippen LogP contribution in [0.1, 0.15) is 12.1 Å². The van der Waals surface area contributed by atoms with E-state index in [9.17, 15) is 0 Å². The Bertz CT molecular complexity index is 566. The van der Waals surface area contributed by atoms with Gasteiger partial charge in [0, 0.05) is 24.7 Å². The molecular weight excluding hydrogens is 240 g/mol. The molecule has 0 aliphatic rings. The van der Waals surface area contributed by atoms with Gasteiger partial charge >= 0.3 is 0 Å². The molecule has 2 aromatic heterocycles. The molecule has 0 aromatic carbocycles. The van der Waals surface area contributed by atoms with Crippen LogP contribution >= 0.6 is 0 Å². The molecule has 0 fully saturated rings. The van der Waals surface area contributed by atoms with Gasteiger partial charge in [-0.05, 0) is 6.92 Å². The molecule has 0 amide bonds. The molecule has 19 heavy (non-hydrogen) atoms. The summed E-state index contributed by atoms with van der Waals surface area (Å²) >= 11 is 0. The molecule has 0 bridgehead atoms. The first kappa shape index (κ1) is 13.6. The Hall–Kier alpha value is -1.82. The summed E-state index contributed by atoms with van der Waals surface area (Å²) in [6, 6.07) is 1.99. The minimum atomic E-state index is 0.609. The molecular formula is C13H23N6+. The zero-order valence-electron chi connectivity index (χ0n) is 12.1. The number of hydrogen-bond acceptors (Lipinski definition) is 4. The maximum absolute atomic E-state index is 5.85. The van der Waals surface area contributed by atoms with E-state index in [0.717, 1.165) is 35.5 Å². The Balaban J connectivity index is 2.08. The van der Waals surface area contributed by atoms with Gasteiger partial charge in [0.25, 0.3) is 0 Å². The summed E-state index contributed by atoms with van der Waals surface area (Å²) in [6.45, 7) is 4.00. The normalized spacial score (nSPS) is 12.0. The number of aryl methyl sites for hydroxylation is 1. The van der Waals surface area contributed by atoms with Crippen molar-refractivity contribution in [3.05, 3.63) is 18.0 Å². The van der Waals surface area contributed by atoms with Gasteiger partial charge in [0.2, 0.25) is 0 Å². The molecule has 2 aromatic rings. The molecule has 6 nitrogen and oxygen atoms in total. The minimum absolute atomic E-state index is 0.609. The van der Waals surface area contributed by atoms with E-state index in [4.69, 9.17) is 5.73 Å². The number of anilines is 2. The average Bonchev–Trinajstić information content (AvgIpc) is 2.65. The fourth-order valence-corrected chi connectivity index (χ4v) is 2.00. The third kappa shape index (κ3) is 3.35. The third-order valence-electron chi connectivity index (χ3n) is 2.94. The lowest BCUT2D eigenvalue weighted by Gasteiger charge is -2.23. The molecule has 0 saturated carbocycles. The lowest BCUT2D eigenvalue weighted by Crippen LogP contribution is -2.36. The first-order valence-corrected chi connectivity index (χ1v) is 6.52. The molecule has 3 N–H and O–H groups in total. The molecule has 0 atom stereocenters. The predicted molar refractivity (Wildman–Crippen MR) is 78.1 cm³/mol. The fourth-order valence-electron chi connectivity index (χ4n) is 2.00. The zero-order chi connectivity index (χ0) is 14.0. The number of nitrogens with one attached hydrogen (secondary N) is 1. The quantitative estimate of drug-likeness (QED) is 0.627. The second-order valence-corrected chi connectivity index (χ2v) is 5.91. The van der Waals surface area contributed by atoms with E-state index >= 15 is 0 Å². The van der Waals surface area contributed by atoms with Gasteiger partial charge in [-0.15, -0.1) is 0 Å². The Morgan fingerprint density at radius 2 is 2.11 bits per heavy atom. The highest BCUT2D eigenvalue weighted by Crippen LogP contribution is 2.16. The summed E-state index contributed by atoms with van der Waals surface area (Å²) in [5, 5.41) is 7.66. The van der Waals surface area contributed by atoms with Gasteiger partial charge in [-0.2, -0.15) is 9.61 Å². The first-order chi connectivity index (χ1) is 8.87. The van der Waals surface area contributed by atoms with Crippen molar-refractivity contribution in [2.75, 3.05) is 45.3 Å². The van der Waals surface area contributed by atoms with E-state index in [1.165, 1.54) is 0 Å². The summed E-state index contributed by atoms with van der Waals surface area (Å²) in [7, 11) is 6.59. The van der Waals surface area contributed by atoms with Crippen LogP contribution in [0.3, 0.4) is 0 Å². The Morgan fingerprint density at radius 1 is 1.37 bits per heavy atom. The van der Waals surface area contributed by atoms with Crippen LogP contribution in [0.5, 0.6) is 0 Å². The van der Waals surface area contributed by atoms with E-state index in [2.05, 4.69) is 36.5 Å². The van der Waals surface area contributed by atoms with E-state index in [-0.39, 0.29) is 0 Å². The molecule has 6 heteroatoms. The molecule has 0 radical (unpaired) electrons. The molecule has 2 heterocycles. The van der Waals surface area contributed by atoms with Gasteiger partial charge in [0.05, 0.1) is 39.6 Å². The number of nitrogens with zero attached hydrogens (tertiary/aromatic N) is 4. The largest absolute Gasteiger partial charge is 0.394 e. The molecule has 0 saturated heterocycles.